The van der Waals surface area contributed by atoms with E-state index in [4.69, 9.17) is 11.6 Å². The number of carbonyl (C=O) groups is 1. The van der Waals surface area contributed by atoms with Crippen LogP contribution in [0.1, 0.15) is 27.7 Å². The predicted octanol–water partition coefficient (Wildman–Crippen LogP) is 3.90. The number of rotatable bonds is 4. The molecule has 1 aromatic carbocycles. The van der Waals surface area contributed by atoms with Gasteiger partial charge in [0.05, 0.1) is 4.92 Å². The summed E-state index contributed by atoms with van der Waals surface area (Å²) in [5.41, 5.74) is 0.113. The smallest absolute Gasteiger partial charge is 0.320 e. The molecule has 0 aliphatic carbocycles. The highest BCUT2D eigenvalue weighted by molar-refractivity contribution is 6.32. The number of hydrogen-bond donors (Lipinski definition) is 1. The maximum absolute atomic E-state index is 12.2. The second-order valence-electron chi connectivity index (χ2n) is 4.95. The van der Waals surface area contributed by atoms with E-state index in [-0.39, 0.29) is 28.8 Å². The molecule has 0 atom stereocenters. The molecule has 0 saturated carbocycles. The van der Waals surface area contributed by atoms with Crippen molar-refractivity contribution in [2.75, 3.05) is 5.32 Å². The number of nitrogens with one attached hydrogen (secondary N) is 1. The summed E-state index contributed by atoms with van der Waals surface area (Å²) in [7, 11) is 0. The second kappa shape index (κ2) is 6.56. The van der Waals surface area contributed by atoms with Crippen LogP contribution in [0.25, 0.3) is 0 Å². The summed E-state index contributed by atoms with van der Waals surface area (Å²) in [5.74, 6) is 0. The topological polar surface area (TPSA) is 75.5 Å². The molecule has 7 heteroatoms. The number of nitro benzene ring substituents is 1. The SMILES string of the molecule is CC(C)N(C(=O)Nc1ccc(Cl)c([N+](=O)[O-])c1)C(C)C. The summed E-state index contributed by atoms with van der Waals surface area (Å²) < 4.78 is 0. The van der Waals surface area contributed by atoms with Crippen molar-refractivity contribution in [1.82, 2.24) is 4.90 Å². The van der Waals surface area contributed by atoms with Crippen LogP contribution in [-0.2, 0) is 0 Å². The largest absolute Gasteiger partial charge is 0.322 e. The van der Waals surface area contributed by atoms with Crippen molar-refractivity contribution in [2.45, 2.75) is 39.8 Å². The molecule has 0 aromatic heterocycles. The molecule has 0 saturated heterocycles. The van der Waals surface area contributed by atoms with Crippen molar-refractivity contribution in [3.05, 3.63) is 33.3 Å². The van der Waals surface area contributed by atoms with Gasteiger partial charge in [-0.15, -0.1) is 0 Å². The highest BCUT2D eigenvalue weighted by atomic mass is 35.5. The number of halogens is 1. The summed E-state index contributed by atoms with van der Waals surface area (Å²) >= 11 is 5.73. The van der Waals surface area contributed by atoms with E-state index in [1.54, 1.807) is 4.90 Å². The van der Waals surface area contributed by atoms with Crippen molar-refractivity contribution < 1.29 is 9.72 Å². The molecule has 1 rings (SSSR count). The lowest BCUT2D eigenvalue weighted by Crippen LogP contribution is -2.44. The average Bonchev–Trinajstić information content (AvgIpc) is 2.30. The Hall–Kier alpha value is -1.82. The summed E-state index contributed by atoms with van der Waals surface area (Å²) in [6, 6.07) is 3.93. The van der Waals surface area contributed by atoms with Gasteiger partial charge in [0.25, 0.3) is 5.69 Å². The van der Waals surface area contributed by atoms with Crippen LogP contribution in [0.5, 0.6) is 0 Å². The molecule has 0 aliphatic rings. The van der Waals surface area contributed by atoms with Crippen molar-refractivity contribution >= 4 is 29.0 Å². The van der Waals surface area contributed by atoms with Gasteiger partial charge in [-0.1, -0.05) is 11.6 Å². The molecule has 0 unspecified atom stereocenters. The van der Waals surface area contributed by atoms with E-state index in [1.807, 2.05) is 27.7 Å². The third-order valence-corrected chi connectivity index (χ3v) is 3.06. The van der Waals surface area contributed by atoms with Crippen LogP contribution in [0.2, 0.25) is 5.02 Å². The van der Waals surface area contributed by atoms with E-state index in [9.17, 15) is 14.9 Å². The number of carbonyl (C=O) groups excluding carboxylic acids is 1. The van der Waals surface area contributed by atoms with E-state index in [0.717, 1.165) is 0 Å². The van der Waals surface area contributed by atoms with Crippen molar-refractivity contribution in [2.24, 2.45) is 0 Å². The van der Waals surface area contributed by atoms with Gasteiger partial charge < -0.3 is 10.2 Å². The number of benzene rings is 1. The fourth-order valence-corrected chi connectivity index (χ4v) is 2.17. The molecule has 110 valence electrons. The molecule has 1 aromatic rings. The highest BCUT2D eigenvalue weighted by Crippen LogP contribution is 2.27. The standard InChI is InChI=1S/C13H18ClN3O3/c1-8(2)16(9(3)4)13(18)15-10-5-6-11(14)12(7-10)17(19)20/h5-9H,1-4H3,(H,15,18). The minimum atomic E-state index is -0.583. The lowest BCUT2D eigenvalue weighted by Gasteiger charge is -2.30. The Balaban J connectivity index is 2.96. The van der Waals surface area contributed by atoms with Gasteiger partial charge in [-0.2, -0.15) is 0 Å². The van der Waals surface area contributed by atoms with Gasteiger partial charge in [0, 0.05) is 23.8 Å². The van der Waals surface area contributed by atoms with Crippen molar-refractivity contribution in [1.29, 1.82) is 0 Å². The van der Waals surface area contributed by atoms with Gasteiger partial charge >= 0.3 is 6.03 Å². The number of amides is 2. The lowest BCUT2D eigenvalue weighted by atomic mass is 10.2. The van der Waals surface area contributed by atoms with Crippen LogP contribution in [0, 0.1) is 10.1 Å². The Labute approximate surface area is 122 Å². The van der Waals surface area contributed by atoms with Crippen molar-refractivity contribution in [3.63, 3.8) is 0 Å². The molecule has 0 heterocycles. The number of nitro groups is 1. The quantitative estimate of drug-likeness (QED) is 0.676. The Bertz CT molecular complexity index is 510. The number of nitrogens with zero attached hydrogens (tertiary/aromatic N) is 2. The maximum Gasteiger partial charge on any atom is 0.322 e. The first-order chi connectivity index (χ1) is 9.23. The third-order valence-electron chi connectivity index (χ3n) is 2.74. The zero-order valence-corrected chi connectivity index (χ0v) is 12.6. The van der Waals surface area contributed by atoms with E-state index in [1.165, 1.54) is 18.2 Å². The summed E-state index contributed by atoms with van der Waals surface area (Å²) in [5, 5.41) is 13.5. The molecular formula is C13H18ClN3O3. The lowest BCUT2D eigenvalue weighted by molar-refractivity contribution is -0.384. The molecule has 0 fully saturated rings. The van der Waals surface area contributed by atoms with Gasteiger partial charge in [0.15, 0.2) is 0 Å². The Morgan fingerprint density at radius 2 is 1.85 bits per heavy atom. The van der Waals surface area contributed by atoms with Gasteiger partial charge in [-0.05, 0) is 39.8 Å². The zero-order valence-electron chi connectivity index (χ0n) is 11.9. The maximum atomic E-state index is 12.2. The van der Waals surface area contributed by atoms with Crippen LogP contribution in [0.4, 0.5) is 16.2 Å². The van der Waals surface area contributed by atoms with E-state index < -0.39 is 4.92 Å². The Morgan fingerprint density at radius 1 is 1.30 bits per heavy atom. The van der Waals surface area contributed by atoms with Gasteiger partial charge in [-0.25, -0.2) is 4.79 Å². The second-order valence-corrected chi connectivity index (χ2v) is 5.36. The molecule has 2 amide bonds. The third kappa shape index (κ3) is 3.84. The normalized spacial score (nSPS) is 10.8. The fraction of sp³-hybridized carbons (Fsp3) is 0.462. The monoisotopic (exact) mass is 299 g/mol. The molecule has 20 heavy (non-hydrogen) atoms. The van der Waals surface area contributed by atoms with E-state index in [0.29, 0.717) is 5.69 Å². The van der Waals surface area contributed by atoms with Crippen LogP contribution < -0.4 is 5.32 Å². The number of urea groups is 1. The van der Waals surface area contributed by atoms with Gasteiger partial charge in [0.2, 0.25) is 0 Å². The summed E-state index contributed by atoms with van der Waals surface area (Å²) in [4.78, 5) is 24.1. The van der Waals surface area contributed by atoms with E-state index >= 15 is 0 Å². The number of anilines is 1. The van der Waals surface area contributed by atoms with Crippen LogP contribution in [0.15, 0.2) is 18.2 Å². The molecule has 6 nitrogen and oxygen atoms in total. The number of hydrogen-bond acceptors (Lipinski definition) is 3. The molecule has 0 bridgehead atoms. The first-order valence-electron chi connectivity index (χ1n) is 6.27. The summed E-state index contributed by atoms with van der Waals surface area (Å²) in [6.07, 6.45) is 0. The molecular weight excluding hydrogens is 282 g/mol. The molecule has 0 aliphatic heterocycles. The van der Waals surface area contributed by atoms with Gasteiger partial charge in [0.1, 0.15) is 5.02 Å². The minimum absolute atomic E-state index is 0.0253. The van der Waals surface area contributed by atoms with Gasteiger partial charge in [-0.3, -0.25) is 10.1 Å². The van der Waals surface area contributed by atoms with Crippen molar-refractivity contribution in [3.8, 4) is 0 Å². The molecule has 0 radical (unpaired) electrons. The fourth-order valence-electron chi connectivity index (χ4n) is 1.98. The molecule has 0 spiro atoms. The Morgan fingerprint density at radius 3 is 2.30 bits per heavy atom. The zero-order chi connectivity index (χ0) is 15.4. The minimum Gasteiger partial charge on any atom is -0.320 e. The summed E-state index contributed by atoms with van der Waals surface area (Å²) in [6.45, 7) is 7.63. The van der Waals surface area contributed by atoms with Crippen LogP contribution in [0.3, 0.4) is 0 Å². The van der Waals surface area contributed by atoms with Crippen LogP contribution in [-0.4, -0.2) is 27.9 Å². The Kier molecular flexibility index (Phi) is 5.33. The van der Waals surface area contributed by atoms with Crippen LogP contribution >= 0.6 is 11.6 Å². The predicted molar refractivity (Wildman–Crippen MR) is 79.2 cm³/mol. The first kappa shape index (κ1) is 16.2. The van der Waals surface area contributed by atoms with E-state index in [2.05, 4.69) is 5.32 Å². The average molecular weight is 300 g/mol. The molecule has 1 N–H and O–H groups in total. The first-order valence-corrected chi connectivity index (χ1v) is 6.65. The highest BCUT2D eigenvalue weighted by Gasteiger charge is 2.21.